The third kappa shape index (κ3) is 3.79. The summed E-state index contributed by atoms with van der Waals surface area (Å²) in [5.74, 6) is -0.424. The van der Waals surface area contributed by atoms with E-state index in [1.54, 1.807) is 36.4 Å². The van der Waals surface area contributed by atoms with E-state index >= 15 is 0 Å². The number of amides is 2. The minimum atomic E-state index is -0.497. The molecule has 2 aromatic rings. The second-order valence-corrected chi connectivity index (χ2v) is 4.82. The van der Waals surface area contributed by atoms with Crippen molar-refractivity contribution in [3.8, 4) is 5.75 Å². The van der Waals surface area contributed by atoms with Crippen molar-refractivity contribution in [2.75, 3.05) is 7.11 Å². The van der Waals surface area contributed by atoms with Crippen LogP contribution < -0.4 is 15.6 Å². The Bertz CT molecular complexity index is 662. The molecule has 1 aromatic heterocycles. The van der Waals surface area contributed by atoms with E-state index in [0.29, 0.717) is 15.8 Å². The maximum Gasteiger partial charge on any atom is 0.288 e. The SMILES string of the molecule is COc1ccc(Br)c(C(=O)NNC(=O)c2ccccn2)c1. The summed E-state index contributed by atoms with van der Waals surface area (Å²) >= 11 is 3.27. The molecule has 0 saturated carbocycles. The minimum absolute atomic E-state index is 0.211. The summed E-state index contributed by atoms with van der Waals surface area (Å²) in [6, 6.07) is 9.89. The highest BCUT2D eigenvalue weighted by Gasteiger charge is 2.13. The Morgan fingerprint density at radius 3 is 2.57 bits per heavy atom. The van der Waals surface area contributed by atoms with Gasteiger partial charge < -0.3 is 4.74 Å². The van der Waals surface area contributed by atoms with E-state index in [2.05, 4.69) is 31.8 Å². The van der Waals surface area contributed by atoms with Crippen molar-refractivity contribution in [2.24, 2.45) is 0 Å². The first kappa shape index (κ1) is 15.0. The van der Waals surface area contributed by atoms with Gasteiger partial charge in [0.25, 0.3) is 11.8 Å². The van der Waals surface area contributed by atoms with Crippen molar-refractivity contribution in [1.29, 1.82) is 0 Å². The molecular weight excluding hydrogens is 338 g/mol. The highest BCUT2D eigenvalue weighted by Crippen LogP contribution is 2.22. The number of benzene rings is 1. The van der Waals surface area contributed by atoms with Gasteiger partial charge in [0.15, 0.2) is 0 Å². The number of halogens is 1. The largest absolute Gasteiger partial charge is 0.497 e. The molecule has 6 nitrogen and oxygen atoms in total. The summed E-state index contributed by atoms with van der Waals surface area (Å²) in [5, 5.41) is 0. The minimum Gasteiger partial charge on any atom is -0.497 e. The lowest BCUT2D eigenvalue weighted by molar-refractivity contribution is 0.0843. The zero-order valence-corrected chi connectivity index (χ0v) is 12.7. The molecule has 0 atom stereocenters. The molecule has 1 aromatic carbocycles. The van der Waals surface area contributed by atoms with Gasteiger partial charge in [0.05, 0.1) is 12.7 Å². The molecule has 0 unspecified atom stereocenters. The van der Waals surface area contributed by atoms with E-state index in [9.17, 15) is 9.59 Å². The first-order valence-corrected chi connectivity index (χ1v) is 6.76. The fourth-order valence-corrected chi connectivity index (χ4v) is 1.97. The van der Waals surface area contributed by atoms with Crippen LogP contribution in [0, 0.1) is 0 Å². The van der Waals surface area contributed by atoms with Gasteiger partial charge in [0, 0.05) is 10.7 Å². The summed E-state index contributed by atoms with van der Waals surface area (Å²) in [7, 11) is 1.51. The number of hydrogen-bond donors (Lipinski definition) is 2. The number of hydrazine groups is 1. The lowest BCUT2D eigenvalue weighted by Gasteiger charge is -2.09. The number of nitrogens with zero attached hydrogens (tertiary/aromatic N) is 1. The third-order valence-electron chi connectivity index (χ3n) is 2.61. The molecule has 0 bridgehead atoms. The van der Waals surface area contributed by atoms with E-state index in [0.717, 1.165) is 0 Å². The Balaban J connectivity index is 2.04. The van der Waals surface area contributed by atoms with Crippen LogP contribution in [-0.4, -0.2) is 23.9 Å². The van der Waals surface area contributed by atoms with Crippen molar-refractivity contribution in [3.05, 3.63) is 58.3 Å². The second kappa shape index (κ2) is 6.85. The summed E-state index contributed by atoms with van der Waals surface area (Å²) in [4.78, 5) is 27.7. The molecule has 2 rings (SSSR count). The van der Waals surface area contributed by atoms with E-state index in [4.69, 9.17) is 4.74 Å². The van der Waals surface area contributed by atoms with Crippen LogP contribution in [0.1, 0.15) is 20.8 Å². The quantitative estimate of drug-likeness (QED) is 0.829. The van der Waals surface area contributed by atoms with Crippen molar-refractivity contribution in [2.45, 2.75) is 0 Å². The molecular formula is C14H12BrN3O3. The molecule has 21 heavy (non-hydrogen) atoms. The van der Waals surface area contributed by atoms with Crippen LogP contribution in [0.4, 0.5) is 0 Å². The van der Waals surface area contributed by atoms with Crippen LogP contribution >= 0.6 is 15.9 Å². The molecule has 0 aliphatic carbocycles. The molecule has 0 spiro atoms. The zero-order chi connectivity index (χ0) is 15.2. The van der Waals surface area contributed by atoms with Gasteiger partial charge in [-0.25, -0.2) is 0 Å². The molecule has 0 aliphatic heterocycles. The number of carbonyl (C=O) groups is 2. The molecule has 2 amide bonds. The molecule has 1 heterocycles. The second-order valence-electron chi connectivity index (χ2n) is 3.97. The van der Waals surface area contributed by atoms with Crippen LogP contribution in [0.3, 0.4) is 0 Å². The summed E-state index contributed by atoms with van der Waals surface area (Å²) < 4.78 is 5.65. The molecule has 0 radical (unpaired) electrons. The Labute approximate surface area is 129 Å². The zero-order valence-electron chi connectivity index (χ0n) is 11.1. The van der Waals surface area contributed by atoms with Crippen molar-refractivity contribution in [1.82, 2.24) is 15.8 Å². The highest BCUT2D eigenvalue weighted by molar-refractivity contribution is 9.10. The number of nitrogens with one attached hydrogen (secondary N) is 2. The van der Waals surface area contributed by atoms with Crippen LogP contribution in [-0.2, 0) is 0 Å². The van der Waals surface area contributed by atoms with E-state index < -0.39 is 11.8 Å². The molecule has 108 valence electrons. The van der Waals surface area contributed by atoms with Crippen molar-refractivity contribution >= 4 is 27.7 Å². The maximum absolute atomic E-state index is 12.0. The van der Waals surface area contributed by atoms with Crippen molar-refractivity contribution in [3.63, 3.8) is 0 Å². The number of rotatable bonds is 3. The van der Waals surface area contributed by atoms with Gasteiger partial charge in [-0.05, 0) is 46.3 Å². The maximum atomic E-state index is 12.0. The average molecular weight is 350 g/mol. The van der Waals surface area contributed by atoms with Gasteiger partial charge in [0.1, 0.15) is 11.4 Å². The van der Waals surface area contributed by atoms with E-state index in [-0.39, 0.29) is 5.69 Å². The number of pyridine rings is 1. The predicted octanol–water partition coefficient (Wildman–Crippen LogP) is 1.93. The Kier molecular flexibility index (Phi) is 4.89. The molecule has 0 fully saturated rings. The Hall–Kier alpha value is -2.41. The molecule has 0 saturated heterocycles. The van der Waals surface area contributed by atoms with Crippen LogP contribution in [0.25, 0.3) is 0 Å². The smallest absolute Gasteiger partial charge is 0.288 e. The van der Waals surface area contributed by atoms with Gasteiger partial charge in [-0.3, -0.25) is 25.4 Å². The normalized spacial score (nSPS) is 9.81. The van der Waals surface area contributed by atoms with Gasteiger partial charge in [-0.15, -0.1) is 0 Å². The Morgan fingerprint density at radius 1 is 1.14 bits per heavy atom. The fraction of sp³-hybridized carbons (Fsp3) is 0.0714. The lowest BCUT2D eigenvalue weighted by atomic mass is 10.2. The monoisotopic (exact) mass is 349 g/mol. The van der Waals surface area contributed by atoms with E-state index in [1.807, 2.05) is 0 Å². The van der Waals surface area contributed by atoms with E-state index in [1.165, 1.54) is 13.3 Å². The fourth-order valence-electron chi connectivity index (χ4n) is 1.55. The summed E-state index contributed by atoms with van der Waals surface area (Å²) in [6.07, 6.45) is 1.50. The lowest BCUT2D eigenvalue weighted by Crippen LogP contribution is -2.42. The number of aromatic nitrogens is 1. The number of hydrogen-bond acceptors (Lipinski definition) is 4. The molecule has 0 aliphatic rings. The topological polar surface area (TPSA) is 80.3 Å². The average Bonchev–Trinajstić information content (AvgIpc) is 2.53. The highest BCUT2D eigenvalue weighted by atomic mass is 79.9. The van der Waals surface area contributed by atoms with Crippen LogP contribution in [0.5, 0.6) is 5.75 Å². The summed E-state index contributed by atoms with van der Waals surface area (Å²) in [5.41, 5.74) is 5.18. The third-order valence-corrected chi connectivity index (χ3v) is 3.30. The predicted molar refractivity (Wildman–Crippen MR) is 79.9 cm³/mol. The first-order chi connectivity index (χ1) is 10.1. The Morgan fingerprint density at radius 2 is 1.90 bits per heavy atom. The van der Waals surface area contributed by atoms with Gasteiger partial charge >= 0.3 is 0 Å². The van der Waals surface area contributed by atoms with Gasteiger partial charge in [-0.2, -0.15) is 0 Å². The van der Waals surface area contributed by atoms with Crippen molar-refractivity contribution < 1.29 is 14.3 Å². The molecule has 2 N–H and O–H groups in total. The number of carbonyl (C=O) groups excluding carboxylic acids is 2. The number of ether oxygens (including phenoxy) is 1. The molecule has 7 heteroatoms. The van der Waals surface area contributed by atoms with Gasteiger partial charge in [0.2, 0.25) is 0 Å². The first-order valence-electron chi connectivity index (χ1n) is 5.97. The van der Waals surface area contributed by atoms with Crippen LogP contribution in [0.15, 0.2) is 47.1 Å². The standard InChI is InChI=1S/C14H12BrN3O3/c1-21-9-5-6-11(15)10(8-9)13(19)17-18-14(20)12-4-2-3-7-16-12/h2-8H,1H3,(H,17,19)(H,18,20). The number of methoxy groups -OCH3 is 1. The summed E-state index contributed by atoms with van der Waals surface area (Å²) in [6.45, 7) is 0. The van der Waals surface area contributed by atoms with Crippen LogP contribution in [0.2, 0.25) is 0 Å². The van der Waals surface area contributed by atoms with Gasteiger partial charge in [-0.1, -0.05) is 6.07 Å².